The second-order valence-corrected chi connectivity index (χ2v) is 6.95. The van der Waals surface area contributed by atoms with Crippen molar-refractivity contribution < 1.29 is 22.0 Å². The van der Waals surface area contributed by atoms with Crippen molar-refractivity contribution in [2.24, 2.45) is 0 Å². The van der Waals surface area contributed by atoms with Gasteiger partial charge in [-0.1, -0.05) is 18.2 Å². The number of aryl methyl sites for hydroxylation is 2. The summed E-state index contributed by atoms with van der Waals surface area (Å²) in [6.45, 7) is 2.98. The maximum absolute atomic E-state index is 13.6. The van der Waals surface area contributed by atoms with Gasteiger partial charge in [-0.05, 0) is 43.2 Å². The Kier molecular flexibility index (Phi) is 5.30. The van der Waals surface area contributed by atoms with Crippen LogP contribution in [0.5, 0.6) is 0 Å². The van der Waals surface area contributed by atoms with Crippen LogP contribution in [0.4, 0.5) is 14.5 Å². The number of rotatable bonds is 5. The van der Waals surface area contributed by atoms with Gasteiger partial charge in [0, 0.05) is 5.69 Å². The first-order valence-electron chi connectivity index (χ1n) is 7.01. The summed E-state index contributed by atoms with van der Waals surface area (Å²) in [5, 5.41) is 2.55. The molecule has 5 nitrogen and oxygen atoms in total. The maximum Gasteiger partial charge on any atom is 0.246 e. The van der Waals surface area contributed by atoms with Crippen LogP contribution in [-0.4, -0.2) is 20.9 Å². The predicted octanol–water partition coefficient (Wildman–Crippen LogP) is 2.50. The number of carbonyl (C=O) groups excluding carboxylic acids is 1. The van der Waals surface area contributed by atoms with Gasteiger partial charge in [-0.15, -0.1) is 0 Å². The average molecular weight is 354 g/mol. The number of benzene rings is 2. The van der Waals surface area contributed by atoms with Crippen molar-refractivity contribution in [2.75, 3.05) is 11.9 Å². The first kappa shape index (κ1) is 18.0. The van der Waals surface area contributed by atoms with Crippen molar-refractivity contribution in [3.8, 4) is 0 Å². The van der Waals surface area contributed by atoms with E-state index >= 15 is 0 Å². The summed E-state index contributed by atoms with van der Waals surface area (Å²) in [5.41, 5.74) is 2.26. The number of carbonyl (C=O) groups is 1. The third kappa shape index (κ3) is 4.15. The van der Waals surface area contributed by atoms with Crippen LogP contribution in [0.25, 0.3) is 0 Å². The third-order valence-corrected chi connectivity index (χ3v) is 4.73. The molecule has 1 amide bonds. The largest absolute Gasteiger partial charge is 0.325 e. The Bertz CT molecular complexity index is 863. The molecule has 0 fully saturated rings. The molecule has 0 saturated carbocycles. The van der Waals surface area contributed by atoms with E-state index < -0.39 is 39.0 Å². The fourth-order valence-electron chi connectivity index (χ4n) is 2.04. The first-order chi connectivity index (χ1) is 11.2. The molecular formula is C16H16F2N2O3S. The Morgan fingerprint density at radius 3 is 2.33 bits per heavy atom. The lowest BCUT2D eigenvalue weighted by molar-refractivity contribution is -0.115. The second kappa shape index (κ2) is 7.06. The summed E-state index contributed by atoms with van der Waals surface area (Å²) in [6, 6.07) is 8.12. The molecule has 0 radical (unpaired) electrons. The monoisotopic (exact) mass is 354 g/mol. The normalized spacial score (nSPS) is 11.3. The number of nitrogens with one attached hydrogen (secondary N) is 2. The molecule has 0 atom stereocenters. The number of amides is 1. The summed E-state index contributed by atoms with van der Waals surface area (Å²) in [4.78, 5) is 10.8. The zero-order valence-corrected chi connectivity index (χ0v) is 13.9. The van der Waals surface area contributed by atoms with Crippen molar-refractivity contribution in [2.45, 2.75) is 18.7 Å². The second-order valence-electron chi connectivity index (χ2n) is 5.24. The van der Waals surface area contributed by atoms with E-state index in [1.165, 1.54) is 0 Å². The van der Waals surface area contributed by atoms with E-state index in [4.69, 9.17) is 0 Å². The number of sulfonamides is 1. The summed E-state index contributed by atoms with van der Waals surface area (Å²) in [5.74, 6) is -3.10. The molecule has 2 N–H and O–H groups in total. The van der Waals surface area contributed by atoms with Crippen molar-refractivity contribution in [3.63, 3.8) is 0 Å². The Morgan fingerprint density at radius 2 is 1.71 bits per heavy atom. The van der Waals surface area contributed by atoms with Crippen LogP contribution in [0.1, 0.15) is 11.1 Å². The molecule has 0 aliphatic heterocycles. The molecule has 24 heavy (non-hydrogen) atoms. The molecule has 8 heteroatoms. The van der Waals surface area contributed by atoms with Crippen LogP contribution in [0, 0.1) is 25.5 Å². The molecule has 2 aromatic rings. The highest BCUT2D eigenvalue weighted by atomic mass is 32.2. The summed E-state index contributed by atoms with van der Waals surface area (Å²) in [6.07, 6.45) is 0. The van der Waals surface area contributed by atoms with E-state index in [2.05, 4.69) is 5.32 Å². The molecule has 0 aliphatic rings. The van der Waals surface area contributed by atoms with E-state index in [0.29, 0.717) is 5.69 Å². The number of hydrogen-bond acceptors (Lipinski definition) is 3. The zero-order chi connectivity index (χ0) is 17.9. The Hall–Kier alpha value is -2.32. The van der Waals surface area contributed by atoms with Gasteiger partial charge in [0.15, 0.2) is 4.90 Å². The van der Waals surface area contributed by atoms with E-state index in [-0.39, 0.29) is 0 Å². The van der Waals surface area contributed by atoms with Gasteiger partial charge in [-0.3, -0.25) is 4.79 Å². The van der Waals surface area contributed by atoms with Crippen molar-refractivity contribution in [1.82, 2.24) is 4.72 Å². The van der Waals surface area contributed by atoms with Gasteiger partial charge >= 0.3 is 0 Å². The lowest BCUT2D eigenvalue weighted by Crippen LogP contribution is -2.34. The standard InChI is InChI=1S/C16H16F2N2O3S/c1-10-6-7-11(2)14(8-10)20-15(21)9-19-24(22,23)16-12(17)4-3-5-13(16)18/h3-8,19H,9H2,1-2H3,(H,20,21). The lowest BCUT2D eigenvalue weighted by Gasteiger charge is -2.11. The van der Waals surface area contributed by atoms with E-state index in [9.17, 15) is 22.0 Å². The number of anilines is 1. The van der Waals surface area contributed by atoms with E-state index in [0.717, 1.165) is 29.3 Å². The fraction of sp³-hybridized carbons (Fsp3) is 0.188. The molecule has 0 aromatic heterocycles. The Balaban J connectivity index is 2.09. The van der Waals surface area contributed by atoms with Gasteiger partial charge < -0.3 is 5.32 Å². The van der Waals surface area contributed by atoms with Gasteiger partial charge in [0.05, 0.1) is 6.54 Å². The Morgan fingerprint density at radius 1 is 1.08 bits per heavy atom. The van der Waals surface area contributed by atoms with Crippen LogP contribution in [0.3, 0.4) is 0 Å². The van der Waals surface area contributed by atoms with Crippen molar-refractivity contribution in [1.29, 1.82) is 0 Å². The smallest absolute Gasteiger partial charge is 0.246 e. The highest BCUT2D eigenvalue weighted by Crippen LogP contribution is 2.18. The number of hydrogen-bond donors (Lipinski definition) is 2. The van der Waals surface area contributed by atoms with Gasteiger partial charge in [0.2, 0.25) is 15.9 Å². The third-order valence-electron chi connectivity index (χ3n) is 3.28. The summed E-state index contributed by atoms with van der Waals surface area (Å²) >= 11 is 0. The number of halogens is 2. The van der Waals surface area contributed by atoms with Gasteiger partial charge in [0.1, 0.15) is 11.6 Å². The molecule has 2 rings (SSSR count). The minimum Gasteiger partial charge on any atom is -0.325 e. The Labute approximate surface area is 138 Å². The van der Waals surface area contributed by atoms with Gasteiger partial charge in [-0.25, -0.2) is 21.9 Å². The minimum atomic E-state index is -4.49. The van der Waals surface area contributed by atoms with Gasteiger partial charge in [-0.2, -0.15) is 0 Å². The van der Waals surface area contributed by atoms with Crippen LogP contribution < -0.4 is 10.0 Å². The SMILES string of the molecule is Cc1ccc(C)c(NC(=O)CNS(=O)(=O)c2c(F)cccc2F)c1. The van der Waals surface area contributed by atoms with Gasteiger partial charge in [0.25, 0.3) is 0 Å². The fourth-order valence-corrected chi connectivity index (χ4v) is 3.15. The van der Waals surface area contributed by atoms with Crippen molar-refractivity contribution >= 4 is 21.6 Å². The molecule has 0 heterocycles. The molecular weight excluding hydrogens is 338 g/mol. The molecule has 2 aromatic carbocycles. The minimum absolute atomic E-state index is 0.538. The average Bonchev–Trinajstić information content (AvgIpc) is 2.49. The molecule has 0 bridgehead atoms. The van der Waals surface area contributed by atoms with Crippen LogP contribution in [0.15, 0.2) is 41.3 Å². The molecule has 128 valence electrons. The highest BCUT2D eigenvalue weighted by Gasteiger charge is 2.24. The van der Waals surface area contributed by atoms with Crippen LogP contribution in [0.2, 0.25) is 0 Å². The van der Waals surface area contributed by atoms with E-state index in [1.54, 1.807) is 13.0 Å². The first-order valence-corrected chi connectivity index (χ1v) is 8.50. The topological polar surface area (TPSA) is 75.3 Å². The lowest BCUT2D eigenvalue weighted by atomic mass is 10.1. The molecule has 0 unspecified atom stereocenters. The quantitative estimate of drug-likeness (QED) is 0.866. The van der Waals surface area contributed by atoms with Crippen molar-refractivity contribution in [3.05, 3.63) is 59.2 Å². The predicted molar refractivity (Wildman–Crippen MR) is 86.1 cm³/mol. The van der Waals surface area contributed by atoms with E-state index in [1.807, 2.05) is 23.8 Å². The van der Waals surface area contributed by atoms with Crippen LogP contribution >= 0.6 is 0 Å². The molecule has 0 spiro atoms. The summed E-state index contributed by atoms with van der Waals surface area (Å²) < 4.78 is 53.0. The highest BCUT2D eigenvalue weighted by molar-refractivity contribution is 7.89. The maximum atomic E-state index is 13.6. The zero-order valence-electron chi connectivity index (χ0n) is 13.1. The molecule has 0 saturated heterocycles. The summed E-state index contributed by atoms with van der Waals surface area (Å²) in [7, 11) is -4.49. The molecule has 0 aliphatic carbocycles. The van der Waals surface area contributed by atoms with Crippen LogP contribution in [-0.2, 0) is 14.8 Å².